The molecule has 0 atom stereocenters. The fourth-order valence-electron chi connectivity index (χ4n) is 7.06. The first-order valence-corrected chi connectivity index (χ1v) is 16.8. The Hall–Kier alpha value is -6.53. The molecule has 1 spiro atoms. The number of benzene rings is 5. The summed E-state index contributed by atoms with van der Waals surface area (Å²) in [7, 11) is 0. The maximum atomic E-state index is 13.5. The van der Waals surface area contributed by atoms with E-state index in [0.717, 1.165) is 28.8 Å². The molecule has 9 heteroatoms. The van der Waals surface area contributed by atoms with Crippen molar-refractivity contribution >= 4 is 23.5 Å². The lowest BCUT2D eigenvalue weighted by atomic mass is 9.77. The van der Waals surface area contributed by atoms with Gasteiger partial charge in [-0.05, 0) is 79.1 Å². The van der Waals surface area contributed by atoms with E-state index in [9.17, 15) is 24.6 Å². The van der Waals surface area contributed by atoms with Crippen molar-refractivity contribution in [2.45, 2.75) is 37.8 Å². The van der Waals surface area contributed by atoms with Gasteiger partial charge < -0.3 is 29.9 Å². The van der Waals surface area contributed by atoms with Crippen LogP contribution in [-0.4, -0.2) is 34.5 Å². The lowest BCUT2D eigenvalue weighted by Gasteiger charge is -2.36. The van der Waals surface area contributed by atoms with E-state index < -0.39 is 11.6 Å². The van der Waals surface area contributed by atoms with Gasteiger partial charge in [0.2, 0.25) is 5.91 Å². The number of rotatable bonds is 7. The summed E-state index contributed by atoms with van der Waals surface area (Å²) in [6.45, 7) is 0.850. The summed E-state index contributed by atoms with van der Waals surface area (Å²) in [5, 5.41) is 23.3. The van der Waals surface area contributed by atoms with Crippen molar-refractivity contribution in [3.63, 3.8) is 0 Å². The first-order chi connectivity index (χ1) is 24.8. The molecule has 0 aromatic heterocycles. The molecular formula is C42H32N2O7. The summed E-state index contributed by atoms with van der Waals surface area (Å²) >= 11 is 0. The molecule has 0 fully saturated rings. The fourth-order valence-corrected chi connectivity index (χ4v) is 7.06. The number of carbonyl (C=O) groups excluding carboxylic acids is 3. The van der Waals surface area contributed by atoms with Gasteiger partial charge in [0.15, 0.2) is 5.60 Å². The number of phenolic OH excluding ortho intramolecular Hbond substituents is 2. The Labute approximate surface area is 294 Å². The number of carbonyl (C=O) groups is 3. The molecule has 0 unspecified atom stereocenters. The van der Waals surface area contributed by atoms with E-state index in [0.29, 0.717) is 60.2 Å². The van der Waals surface area contributed by atoms with Crippen LogP contribution < -0.4 is 15.0 Å². The van der Waals surface area contributed by atoms with E-state index in [1.807, 2.05) is 53.4 Å². The zero-order valence-electron chi connectivity index (χ0n) is 27.4. The summed E-state index contributed by atoms with van der Waals surface area (Å²) in [6.07, 6.45) is 2.43. The third-order valence-corrected chi connectivity index (χ3v) is 9.56. The molecule has 0 radical (unpaired) electrons. The van der Waals surface area contributed by atoms with Crippen molar-refractivity contribution in [3.8, 4) is 34.8 Å². The zero-order valence-corrected chi connectivity index (χ0v) is 27.4. The zero-order chi connectivity index (χ0) is 35.1. The molecule has 5 aromatic rings. The molecule has 0 bridgehead atoms. The van der Waals surface area contributed by atoms with Crippen LogP contribution in [-0.2, 0) is 21.7 Å². The maximum absolute atomic E-state index is 13.5. The van der Waals surface area contributed by atoms with Gasteiger partial charge in [-0.3, -0.25) is 9.59 Å². The van der Waals surface area contributed by atoms with Crippen LogP contribution in [0.25, 0.3) is 0 Å². The van der Waals surface area contributed by atoms with E-state index in [4.69, 9.17) is 9.47 Å². The maximum Gasteiger partial charge on any atom is 0.340 e. The highest BCUT2D eigenvalue weighted by Gasteiger charge is 2.54. The Kier molecular flexibility index (Phi) is 7.92. The van der Waals surface area contributed by atoms with Crippen molar-refractivity contribution in [1.29, 1.82) is 0 Å². The molecule has 3 N–H and O–H groups in total. The highest BCUT2D eigenvalue weighted by atomic mass is 16.6. The number of nitrogens with zero attached hydrogens (tertiary/aromatic N) is 1. The molecule has 3 aliphatic heterocycles. The van der Waals surface area contributed by atoms with Crippen molar-refractivity contribution in [3.05, 3.63) is 148 Å². The van der Waals surface area contributed by atoms with E-state index in [1.54, 1.807) is 30.3 Å². The molecule has 9 nitrogen and oxygen atoms in total. The second kappa shape index (κ2) is 12.7. The number of aromatic hydroxyl groups is 2. The van der Waals surface area contributed by atoms with Gasteiger partial charge in [-0.25, -0.2) is 4.79 Å². The number of para-hydroxylation sites is 1. The number of anilines is 1. The van der Waals surface area contributed by atoms with Gasteiger partial charge in [0.1, 0.15) is 23.0 Å². The number of amides is 2. The Balaban J connectivity index is 0.939. The quantitative estimate of drug-likeness (QED) is 0.0973. The van der Waals surface area contributed by atoms with Crippen LogP contribution in [0.15, 0.2) is 103 Å². The van der Waals surface area contributed by atoms with Crippen molar-refractivity contribution in [1.82, 2.24) is 5.32 Å². The van der Waals surface area contributed by atoms with Crippen LogP contribution in [0.5, 0.6) is 23.0 Å². The lowest BCUT2D eigenvalue weighted by Crippen LogP contribution is -2.33. The molecular weight excluding hydrogens is 644 g/mol. The van der Waals surface area contributed by atoms with Crippen LogP contribution in [0.2, 0.25) is 0 Å². The average Bonchev–Trinajstić information content (AvgIpc) is 3.41. The van der Waals surface area contributed by atoms with Crippen LogP contribution >= 0.6 is 0 Å². The highest BCUT2D eigenvalue weighted by molar-refractivity contribution is 6.00. The Morgan fingerprint density at radius 3 is 2.22 bits per heavy atom. The van der Waals surface area contributed by atoms with Gasteiger partial charge in [-0.1, -0.05) is 48.6 Å². The molecule has 5 aromatic carbocycles. The van der Waals surface area contributed by atoms with Gasteiger partial charge in [-0.2, -0.15) is 0 Å². The lowest BCUT2D eigenvalue weighted by molar-refractivity contribution is -0.118. The predicted molar refractivity (Wildman–Crippen MR) is 189 cm³/mol. The number of esters is 1. The molecule has 3 heterocycles. The fraction of sp³-hybridized carbons (Fsp3) is 0.167. The first kappa shape index (κ1) is 31.7. The third-order valence-electron chi connectivity index (χ3n) is 9.56. The minimum Gasteiger partial charge on any atom is -0.508 e. The second-order valence-electron chi connectivity index (χ2n) is 12.8. The number of hydrogen-bond donors (Lipinski definition) is 3. The van der Waals surface area contributed by atoms with Gasteiger partial charge in [0.05, 0.1) is 17.8 Å². The topological polar surface area (TPSA) is 125 Å². The van der Waals surface area contributed by atoms with E-state index in [1.165, 1.54) is 24.3 Å². The van der Waals surface area contributed by atoms with Crippen molar-refractivity contribution in [2.75, 3.05) is 11.4 Å². The molecule has 0 saturated heterocycles. The smallest absolute Gasteiger partial charge is 0.340 e. The molecule has 8 rings (SSSR count). The van der Waals surface area contributed by atoms with Crippen molar-refractivity contribution in [2.24, 2.45) is 0 Å². The summed E-state index contributed by atoms with van der Waals surface area (Å²) in [4.78, 5) is 42.0. The monoisotopic (exact) mass is 676 g/mol. The second-order valence-corrected chi connectivity index (χ2v) is 12.8. The predicted octanol–water partition coefficient (Wildman–Crippen LogP) is 6.90. The molecule has 0 saturated carbocycles. The third kappa shape index (κ3) is 5.61. The number of phenols is 2. The normalized spacial score (nSPS) is 14.2. The van der Waals surface area contributed by atoms with Gasteiger partial charge >= 0.3 is 5.97 Å². The summed E-state index contributed by atoms with van der Waals surface area (Å²) in [5.41, 5.74) is 4.16. The Morgan fingerprint density at radius 2 is 1.45 bits per heavy atom. The van der Waals surface area contributed by atoms with Gasteiger partial charge in [0, 0.05) is 58.5 Å². The number of hydrogen-bond acceptors (Lipinski definition) is 7. The standard InChI is InChI=1S/C42H32N2O7/c45-30-16-19-33-37(23-30)50-38-24-31(46)17-20-34(38)42(33)35-22-28(15-18-32(35)41(49)51-42)40(48)43-21-7-1-2-12-39(47)44-25-29-10-4-3-8-26(29)13-14-27-9-5-6-11-36(27)44/h3-6,8-11,15-20,22-24,45-46H,1-2,7,12,21,25H2,(H,43,48). The van der Waals surface area contributed by atoms with E-state index >= 15 is 0 Å². The average molecular weight is 677 g/mol. The molecule has 51 heavy (non-hydrogen) atoms. The number of unbranched alkanes of at least 4 members (excludes halogenated alkanes) is 2. The first-order valence-electron chi connectivity index (χ1n) is 16.8. The number of nitrogens with one attached hydrogen (secondary N) is 1. The van der Waals surface area contributed by atoms with Crippen LogP contribution in [0, 0.1) is 11.8 Å². The summed E-state index contributed by atoms with van der Waals surface area (Å²) in [5.74, 6) is 6.05. The number of fused-ring (bicyclic) bond motifs is 8. The van der Waals surface area contributed by atoms with Crippen LogP contribution in [0.3, 0.4) is 0 Å². The summed E-state index contributed by atoms with van der Waals surface area (Å²) < 4.78 is 12.1. The minimum atomic E-state index is -1.46. The van der Waals surface area contributed by atoms with Crippen LogP contribution in [0.1, 0.15) is 79.8 Å². The Bertz CT molecular complexity index is 2270. The SMILES string of the molecule is O=C(NCCCCCC(=O)N1Cc2ccccc2C#Cc2ccccc21)c1ccc2c(c1)C1(OC2=O)c2ccc(O)cc2Oc2cc(O)ccc21. The Morgan fingerprint density at radius 1 is 0.765 bits per heavy atom. The van der Waals surface area contributed by atoms with Crippen LogP contribution in [0.4, 0.5) is 5.69 Å². The molecule has 0 aliphatic carbocycles. The van der Waals surface area contributed by atoms with Crippen molar-refractivity contribution < 1.29 is 34.1 Å². The van der Waals surface area contributed by atoms with E-state index in [2.05, 4.69) is 17.2 Å². The minimum absolute atomic E-state index is 0.0236. The van der Waals surface area contributed by atoms with Gasteiger partial charge in [-0.15, -0.1) is 0 Å². The molecule has 3 aliphatic rings. The highest BCUT2D eigenvalue weighted by Crippen LogP contribution is 2.57. The molecule has 252 valence electrons. The van der Waals surface area contributed by atoms with Gasteiger partial charge in [0.25, 0.3) is 5.91 Å². The number of ether oxygens (including phenoxy) is 2. The largest absolute Gasteiger partial charge is 0.508 e. The molecule has 2 amide bonds. The van der Waals surface area contributed by atoms with E-state index in [-0.39, 0.29) is 34.8 Å². The summed E-state index contributed by atoms with van der Waals surface area (Å²) in [6, 6.07) is 29.5.